The van der Waals surface area contributed by atoms with Crippen LogP contribution < -0.4 is 0 Å². The smallest absolute Gasteiger partial charge is 0.178 e. The molecule has 1 N–H and O–H groups in total. The third-order valence-corrected chi connectivity index (χ3v) is 4.57. The molecule has 5 heteroatoms. The molecule has 0 radical (unpaired) electrons. The third-order valence-electron chi connectivity index (χ3n) is 3.42. The molecule has 112 valence electrons. The Labute approximate surface area is 130 Å². The van der Waals surface area contributed by atoms with Crippen molar-refractivity contribution in [3.05, 3.63) is 65.9 Å². The highest BCUT2D eigenvalue weighted by Gasteiger charge is 2.21. The molecular formula is C17H13F2NOS. The van der Waals surface area contributed by atoms with E-state index in [4.69, 9.17) is 0 Å². The number of aromatic amines is 1. The zero-order valence-corrected chi connectivity index (χ0v) is 12.6. The van der Waals surface area contributed by atoms with Crippen LogP contribution in [0.4, 0.5) is 8.78 Å². The topological polar surface area (TPSA) is 32.9 Å². The molecule has 22 heavy (non-hydrogen) atoms. The van der Waals surface area contributed by atoms with Crippen LogP contribution in [0.1, 0.15) is 17.3 Å². The number of aromatic nitrogens is 1. The third kappa shape index (κ3) is 2.76. The summed E-state index contributed by atoms with van der Waals surface area (Å²) in [6.45, 7) is 1.72. The molecule has 0 aliphatic heterocycles. The van der Waals surface area contributed by atoms with Gasteiger partial charge in [-0.25, -0.2) is 8.78 Å². The van der Waals surface area contributed by atoms with Gasteiger partial charge in [-0.15, -0.1) is 11.8 Å². The Bertz CT molecular complexity index is 844. The number of nitrogens with one attached hydrogen (secondary N) is 1. The first kappa shape index (κ1) is 14.8. The van der Waals surface area contributed by atoms with Crippen LogP contribution in [0.15, 0.2) is 53.6 Å². The number of hydrogen-bond donors (Lipinski definition) is 1. The van der Waals surface area contributed by atoms with Gasteiger partial charge < -0.3 is 4.98 Å². The van der Waals surface area contributed by atoms with E-state index in [1.807, 2.05) is 24.3 Å². The number of Topliss-reactive ketones (excluding diaryl/α,β-unsaturated/α-hetero) is 1. The number of fused-ring (bicyclic) bond motifs is 1. The maximum atomic E-state index is 13.7. The van der Waals surface area contributed by atoms with Gasteiger partial charge in [0.15, 0.2) is 5.78 Å². The Morgan fingerprint density at radius 3 is 2.73 bits per heavy atom. The fourth-order valence-electron chi connectivity index (χ4n) is 2.31. The van der Waals surface area contributed by atoms with Crippen molar-refractivity contribution >= 4 is 28.4 Å². The number of carbonyl (C=O) groups excluding carboxylic acids is 1. The Morgan fingerprint density at radius 1 is 1.18 bits per heavy atom. The molecule has 1 unspecified atom stereocenters. The summed E-state index contributed by atoms with van der Waals surface area (Å²) < 4.78 is 26.6. The second kappa shape index (κ2) is 5.93. The lowest BCUT2D eigenvalue weighted by Gasteiger charge is -2.10. The van der Waals surface area contributed by atoms with Crippen molar-refractivity contribution < 1.29 is 13.6 Å². The second-order valence-corrected chi connectivity index (χ2v) is 6.33. The van der Waals surface area contributed by atoms with Crippen molar-refractivity contribution in [1.29, 1.82) is 0 Å². The van der Waals surface area contributed by atoms with Gasteiger partial charge in [-0.05, 0) is 25.1 Å². The van der Waals surface area contributed by atoms with Gasteiger partial charge in [0.25, 0.3) is 0 Å². The van der Waals surface area contributed by atoms with Gasteiger partial charge in [0, 0.05) is 33.6 Å². The fourth-order valence-corrected chi connectivity index (χ4v) is 3.24. The van der Waals surface area contributed by atoms with Gasteiger partial charge in [-0.1, -0.05) is 18.2 Å². The minimum atomic E-state index is -0.649. The number of para-hydroxylation sites is 1. The van der Waals surface area contributed by atoms with Crippen LogP contribution in [-0.2, 0) is 0 Å². The maximum Gasteiger partial charge on any atom is 0.178 e. The van der Waals surface area contributed by atoms with Crippen LogP contribution in [0.2, 0.25) is 0 Å². The van der Waals surface area contributed by atoms with Gasteiger partial charge in [0.1, 0.15) is 11.6 Å². The van der Waals surface area contributed by atoms with Gasteiger partial charge in [-0.3, -0.25) is 4.79 Å². The lowest BCUT2D eigenvalue weighted by molar-refractivity contribution is 0.0995. The molecule has 1 heterocycles. The van der Waals surface area contributed by atoms with E-state index in [1.54, 1.807) is 13.1 Å². The molecule has 0 saturated carbocycles. The van der Waals surface area contributed by atoms with Crippen molar-refractivity contribution in [1.82, 2.24) is 4.98 Å². The minimum absolute atomic E-state index is 0.0915. The number of halogens is 2. The molecule has 2 aromatic carbocycles. The lowest BCUT2D eigenvalue weighted by atomic mass is 10.1. The number of hydrogen-bond acceptors (Lipinski definition) is 2. The van der Waals surface area contributed by atoms with E-state index in [2.05, 4.69) is 4.98 Å². The number of thioether (sulfide) groups is 1. The maximum absolute atomic E-state index is 13.7. The lowest BCUT2D eigenvalue weighted by Crippen LogP contribution is -2.13. The van der Waals surface area contributed by atoms with Gasteiger partial charge in [-0.2, -0.15) is 0 Å². The van der Waals surface area contributed by atoms with E-state index in [0.717, 1.165) is 28.7 Å². The van der Waals surface area contributed by atoms with Crippen LogP contribution >= 0.6 is 11.8 Å². The molecule has 0 spiro atoms. The standard InChI is InChI=1S/C17H13F2NOS/c1-10(22-16-7-6-11(18)8-14(16)19)17(21)13-9-20-15-5-3-2-4-12(13)15/h2-10,20H,1H3. The summed E-state index contributed by atoms with van der Waals surface area (Å²) in [5, 5.41) is 0.374. The molecule has 0 aliphatic carbocycles. The Kier molecular flexibility index (Phi) is 3.98. The molecule has 1 atom stereocenters. The fraction of sp³-hybridized carbons (Fsp3) is 0.118. The first-order valence-electron chi connectivity index (χ1n) is 6.78. The molecule has 1 aromatic heterocycles. The van der Waals surface area contributed by atoms with E-state index in [-0.39, 0.29) is 10.7 Å². The number of H-pyrrole nitrogens is 1. The average molecular weight is 317 g/mol. The summed E-state index contributed by atoms with van der Waals surface area (Å²) in [6.07, 6.45) is 1.67. The van der Waals surface area contributed by atoms with Crippen LogP contribution in [0.25, 0.3) is 10.9 Å². The molecule has 0 aliphatic rings. The summed E-state index contributed by atoms with van der Waals surface area (Å²) in [4.78, 5) is 15.9. The van der Waals surface area contributed by atoms with Crippen molar-refractivity contribution in [2.45, 2.75) is 17.1 Å². The SMILES string of the molecule is CC(Sc1ccc(F)cc1F)C(=O)c1c[nH]c2ccccc12. The zero-order chi connectivity index (χ0) is 15.7. The van der Waals surface area contributed by atoms with Crippen molar-refractivity contribution in [3.63, 3.8) is 0 Å². The van der Waals surface area contributed by atoms with Crippen molar-refractivity contribution in [2.24, 2.45) is 0 Å². The Hall–Kier alpha value is -2.14. The van der Waals surface area contributed by atoms with Crippen LogP contribution in [0.3, 0.4) is 0 Å². The molecule has 0 fully saturated rings. The average Bonchev–Trinajstić information content (AvgIpc) is 2.93. The predicted octanol–water partition coefficient (Wildman–Crippen LogP) is 4.81. The molecule has 0 amide bonds. The number of benzene rings is 2. The molecule has 0 saturated heterocycles. The summed E-state index contributed by atoms with van der Waals surface area (Å²) in [6, 6.07) is 10.9. The minimum Gasteiger partial charge on any atom is -0.360 e. The highest BCUT2D eigenvalue weighted by atomic mass is 32.2. The Balaban J connectivity index is 1.85. The van der Waals surface area contributed by atoms with Crippen LogP contribution in [0.5, 0.6) is 0 Å². The highest BCUT2D eigenvalue weighted by Crippen LogP contribution is 2.30. The Morgan fingerprint density at radius 2 is 1.95 bits per heavy atom. The van der Waals surface area contributed by atoms with Crippen LogP contribution in [-0.4, -0.2) is 16.0 Å². The summed E-state index contributed by atoms with van der Waals surface area (Å²) in [5.74, 6) is -1.37. The van der Waals surface area contributed by atoms with E-state index in [0.29, 0.717) is 5.56 Å². The van der Waals surface area contributed by atoms with E-state index >= 15 is 0 Å². The summed E-state index contributed by atoms with van der Waals surface area (Å²) in [7, 11) is 0. The van der Waals surface area contributed by atoms with E-state index < -0.39 is 16.9 Å². The molecule has 3 rings (SSSR count). The van der Waals surface area contributed by atoms with Crippen LogP contribution in [0, 0.1) is 11.6 Å². The number of carbonyl (C=O) groups is 1. The molecular weight excluding hydrogens is 304 g/mol. The quantitative estimate of drug-likeness (QED) is 0.553. The largest absolute Gasteiger partial charge is 0.360 e. The summed E-state index contributed by atoms with van der Waals surface area (Å²) in [5.41, 5.74) is 1.47. The predicted molar refractivity (Wildman–Crippen MR) is 84.3 cm³/mol. The van der Waals surface area contributed by atoms with Gasteiger partial charge in [0.05, 0.1) is 5.25 Å². The zero-order valence-electron chi connectivity index (χ0n) is 11.8. The van der Waals surface area contributed by atoms with E-state index in [9.17, 15) is 13.6 Å². The van der Waals surface area contributed by atoms with Crippen molar-refractivity contribution in [2.75, 3.05) is 0 Å². The number of ketones is 1. The monoisotopic (exact) mass is 317 g/mol. The van der Waals surface area contributed by atoms with Gasteiger partial charge in [0.2, 0.25) is 0 Å². The molecule has 3 aromatic rings. The highest BCUT2D eigenvalue weighted by molar-refractivity contribution is 8.00. The van der Waals surface area contributed by atoms with E-state index in [1.165, 1.54) is 12.1 Å². The normalized spacial score (nSPS) is 12.5. The molecule has 0 bridgehead atoms. The van der Waals surface area contributed by atoms with Crippen molar-refractivity contribution in [3.8, 4) is 0 Å². The summed E-state index contributed by atoms with van der Waals surface area (Å²) >= 11 is 1.09. The van der Waals surface area contributed by atoms with Gasteiger partial charge >= 0.3 is 0 Å². The second-order valence-electron chi connectivity index (χ2n) is 4.95. The first-order chi connectivity index (χ1) is 10.6. The molecule has 2 nitrogen and oxygen atoms in total. The number of rotatable bonds is 4. The first-order valence-corrected chi connectivity index (χ1v) is 7.66.